The van der Waals surface area contributed by atoms with Gasteiger partial charge in [0.1, 0.15) is 11.6 Å². The van der Waals surface area contributed by atoms with Crippen LogP contribution in [0.15, 0.2) is 66.2 Å². The molecule has 1 N–H and O–H groups in total. The molecule has 0 fully saturated rings. The van der Waals surface area contributed by atoms with Crippen molar-refractivity contribution in [1.82, 2.24) is 0 Å². The molecule has 140 valence electrons. The highest BCUT2D eigenvalue weighted by Crippen LogP contribution is 2.26. The summed E-state index contributed by atoms with van der Waals surface area (Å²) in [6.07, 6.45) is 8.63. The molecule has 0 saturated heterocycles. The molecule has 0 saturated carbocycles. The Bertz CT molecular complexity index is 1350. The number of carboxylic acid groups (broad SMARTS) is 1. The lowest BCUT2D eigenvalue weighted by Gasteiger charge is -2.17. The molecule has 1 aliphatic rings. The van der Waals surface area contributed by atoms with Crippen LogP contribution in [0, 0.1) is 11.3 Å². The molecule has 0 spiro atoms. The Hall–Kier alpha value is -3.90. The monoisotopic (exact) mass is 377 g/mol. The van der Waals surface area contributed by atoms with Crippen molar-refractivity contribution in [3.63, 3.8) is 0 Å². The second kappa shape index (κ2) is 7.61. The summed E-state index contributed by atoms with van der Waals surface area (Å²) in [6, 6.07) is 20.0. The molecule has 3 nitrogen and oxygen atoms in total. The fourth-order valence-corrected chi connectivity index (χ4v) is 3.89. The summed E-state index contributed by atoms with van der Waals surface area (Å²) in [5.41, 5.74) is 4.14. The molecule has 0 aliphatic heterocycles. The van der Waals surface area contributed by atoms with E-state index in [1.54, 1.807) is 6.07 Å². The van der Waals surface area contributed by atoms with Gasteiger partial charge in [-0.2, -0.15) is 5.26 Å². The molecule has 0 aromatic heterocycles. The molecule has 0 heterocycles. The van der Waals surface area contributed by atoms with Crippen LogP contribution in [0.3, 0.4) is 0 Å². The second-order valence-corrected chi connectivity index (χ2v) is 6.96. The maximum atomic E-state index is 11.3. The van der Waals surface area contributed by atoms with Gasteiger partial charge in [0.05, 0.1) is 0 Å². The van der Waals surface area contributed by atoms with Crippen molar-refractivity contribution in [2.75, 3.05) is 0 Å². The summed E-state index contributed by atoms with van der Waals surface area (Å²) >= 11 is 0. The highest BCUT2D eigenvalue weighted by molar-refractivity contribution is 6.01. The maximum absolute atomic E-state index is 11.3. The first-order valence-corrected chi connectivity index (χ1v) is 9.44. The molecule has 1 aliphatic carbocycles. The van der Waals surface area contributed by atoms with Crippen LogP contribution in [-0.4, -0.2) is 11.1 Å². The van der Waals surface area contributed by atoms with Crippen molar-refractivity contribution in [3.05, 3.63) is 93.4 Å². The number of carboxylic acids is 1. The number of nitrogens with zero attached hydrogens (tertiary/aromatic N) is 1. The average molecular weight is 377 g/mol. The Kier molecular flexibility index (Phi) is 4.85. The quantitative estimate of drug-likeness (QED) is 0.553. The van der Waals surface area contributed by atoms with Crippen molar-refractivity contribution in [2.45, 2.75) is 13.3 Å². The van der Waals surface area contributed by atoms with Gasteiger partial charge in [-0.05, 0) is 62.9 Å². The first-order valence-electron chi connectivity index (χ1n) is 9.44. The number of aliphatic carboxylic acids is 1. The standard InChI is InChI=1S/C26H19NO2/c1-2-17-8-11-21(14-22(16-27)26(28)29)23-13-12-19-9-10-20(15-24(19)25(17)23)18-6-4-3-5-7-18/h2-14H,15H2,1H3,(H,28,29)/b17-2-,22-14+. The molecule has 3 aromatic carbocycles. The summed E-state index contributed by atoms with van der Waals surface area (Å²) in [5, 5.41) is 22.8. The van der Waals surface area contributed by atoms with Crippen molar-refractivity contribution >= 4 is 40.5 Å². The Morgan fingerprint density at radius 3 is 2.55 bits per heavy atom. The second-order valence-electron chi connectivity index (χ2n) is 6.96. The molecular weight excluding hydrogens is 358 g/mol. The first kappa shape index (κ1) is 18.5. The van der Waals surface area contributed by atoms with Crippen molar-refractivity contribution in [1.29, 1.82) is 5.26 Å². The fourth-order valence-electron chi connectivity index (χ4n) is 3.89. The number of allylic oxidation sites excluding steroid dienone is 2. The van der Waals surface area contributed by atoms with Gasteiger partial charge in [0.25, 0.3) is 0 Å². The summed E-state index contributed by atoms with van der Waals surface area (Å²) in [7, 11) is 0. The third-order valence-corrected chi connectivity index (χ3v) is 5.33. The molecule has 29 heavy (non-hydrogen) atoms. The zero-order chi connectivity index (χ0) is 20.4. The SMILES string of the molecule is C/C=c1/ccc(/C=C(\C#N)C(=O)O)c2ccc3c(c12)CC(c1ccccc1)=CC=3. The van der Waals surface area contributed by atoms with Gasteiger partial charge in [-0.3, -0.25) is 0 Å². The zero-order valence-corrected chi connectivity index (χ0v) is 16.0. The van der Waals surface area contributed by atoms with Gasteiger partial charge in [0, 0.05) is 0 Å². The van der Waals surface area contributed by atoms with Crippen LogP contribution in [0.1, 0.15) is 23.6 Å². The molecule has 4 rings (SSSR count). The maximum Gasteiger partial charge on any atom is 0.346 e. The van der Waals surface area contributed by atoms with Crippen LogP contribution >= 0.6 is 0 Å². The Morgan fingerprint density at radius 1 is 1.07 bits per heavy atom. The third-order valence-electron chi connectivity index (χ3n) is 5.33. The third kappa shape index (κ3) is 3.37. The van der Waals surface area contributed by atoms with E-state index in [9.17, 15) is 9.90 Å². The van der Waals surface area contributed by atoms with E-state index in [-0.39, 0.29) is 5.57 Å². The van der Waals surface area contributed by atoms with Crippen molar-refractivity contribution in [2.24, 2.45) is 0 Å². The number of fused-ring (bicyclic) bond motifs is 3. The van der Waals surface area contributed by atoms with Gasteiger partial charge in [-0.15, -0.1) is 0 Å². The number of hydrogen-bond donors (Lipinski definition) is 1. The molecule has 3 heteroatoms. The molecule has 0 unspecified atom stereocenters. The van der Waals surface area contributed by atoms with E-state index in [0.29, 0.717) is 0 Å². The van der Waals surface area contributed by atoms with Crippen LogP contribution in [0.2, 0.25) is 0 Å². The van der Waals surface area contributed by atoms with E-state index in [1.807, 2.05) is 43.3 Å². The molecular formula is C26H19NO2. The highest BCUT2D eigenvalue weighted by atomic mass is 16.4. The molecule has 0 atom stereocenters. The van der Waals surface area contributed by atoms with Gasteiger partial charge < -0.3 is 5.11 Å². The van der Waals surface area contributed by atoms with Gasteiger partial charge in [0.15, 0.2) is 0 Å². The van der Waals surface area contributed by atoms with E-state index >= 15 is 0 Å². The molecule has 3 aromatic rings. The predicted molar refractivity (Wildman–Crippen MR) is 117 cm³/mol. The number of nitriles is 1. The minimum absolute atomic E-state index is 0.270. The summed E-state index contributed by atoms with van der Waals surface area (Å²) in [5.74, 6) is -1.22. The lowest BCUT2D eigenvalue weighted by molar-refractivity contribution is -0.132. The largest absolute Gasteiger partial charge is 0.477 e. The van der Waals surface area contributed by atoms with Crippen molar-refractivity contribution in [3.8, 4) is 6.07 Å². The first-order chi connectivity index (χ1) is 14.1. The number of carbonyl (C=O) groups is 1. The summed E-state index contributed by atoms with van der Waals surface area (Å²) in [4.78, 5) is 11.3. The lowest BCUT2D eigenvalue weighted by Crippen LogP contribution is -2.18. The predicted octanol–water partition coefficient (Wildman–Crippen LogP) is 4.05. The smallest absolute Gasteiger partial charge is 0.346 e. The molecule has 0 amide bonds. The van der Waals surface area contributed by atoms with E-state index in [0.717, 1.165) is 28.0 Å². The van der Waals surface area contributed by atoms with Crippen LogP contribution in [0.5, 0.6) is 0 Å². The lowest BCUT2D eigenvalue weighted by atomic mass is 9.87. The van der Waals surface area contributed by atoms with Gasteiger partial charge >= 0.3 is 5.97 Å². The minimum Gasteiger partial charge on any atom is -0.477 e. The van der Waals surface area contributed by atoms with E-state index in [4.69, 9.17) is 5.26 Å². The summed E-state index contributed by atoms with van der Waals surface area (Å²) < 4.78 is 0. The van der Waals surface area contributed by atoms with E-state index in [2.05, 4.69) is 36.4 Å². The average Bonchev–Trinajstić information content (AvgIpc) is 2.77. The number of hydrogen-bond acceptors (Lipinski definition) is 2. The van der Waals surface area contributed by atoms with Crippen LogP contribution in [0.4, 0.5) is 0 Å². The van der Waals surface area contributed by atoms with Gasteiger partial charge in [-0.1, -0.05) is 72.8 Å². The van der Waals surface area contributed by atoms with Crippen LogP contribution in [0.25, 0.3) is 34.6 Å². The van der Waals surface area contributed by atoms with Crippen LogP contribution < -0.4 is 10.4 Å². The summed E-state index contributed by atoms with van der Waals surface area (Å²) in [6.45, 7) is 2.00. The number of rotatable bonds is 3. The normalized spacial score (nSPS) is 14.0. The van der Waals surface area contributed by atoms with Gasteiger partial charge in [0.2, 0.25) is 0 Å². The minimum atomic E-state index is -1.22. The zero-order valence-electron chi connectivity index (χ0n) is 16.0. The Labute approximate surface area is 168 Å². The van der Waals surface area contributed by atoms with Crippen molar-refractivity contribution < 1.29 is 9.90 Å². The van der Waals surface area contributed by atoms with E-state index in [1.165, 1.54) is 28.0 Å². The Morgan fingerprint density at radius 2 is 1.86 bits per heavy atom. The fraction of sp³-hybridized carbons (Fsp3) is 0.0769. The molecule has 0 radical (unpaired) electrons. The van der Waals surface area contributed by atoms with Gasteiger partial charge in [-0.25, -0.2) is 4.79 Å². The topological polar surface area (TPSA) is 61.1 Å². The van der Waals surface area contributed by atoms with Crippen LogP contribution in [-0.2, 0) is 11.2 Å². The van der Waals surface area contributed by atoms with E-state index < -0.39 is 5.97 Å². The molecule has 0 bridgehead atoms. The Balaban J connectivity index is 1.97. The number of benzene rings is 3. The highest BCUT2D eigenvalue weighted by Gasteiger charge is 2.14.